The molecule has 0 aliphatic heterocycles. The number of ether oxygens (including phenoxy) is 1. The number of hydrogen-bond acceptors (Lipinski definition) is 4. The van der Waals surface area contributed by atoms with Crippen LogP contribution < -0.4 is 10.5 Å². The van der Waals surface area contributed by atoms with Crippen molar-refractivity contribution in [2.75, 3.05) is 0 Å². The molecule has 0 heterocycles. The van der Waals surface area contributed by atoms with Gasteiger partial charge in [-0.25, -0.2) is 0 Å². The molecule has 0 radical (unpaired) electrons. The Labute approximate surface area is 121 Å². The number of rotatable bonds is 5. The van der Waals surface area contributed by atoms with Gasteiger partial charge in [0.25, 0.3) is 0 Å². The molecule has 108 valence electrons. The second-order valence-corrected chi connectivity index (χ2v) is 4.58. The third-order valence-corrected chi connectivity index (χ3v) is 3.04. The van der Waals surface area contributed by atoms with Crippen LogP contribution in [-0.2, 0) is 6.61 Å². The molecule has 0 bridgehead atoms. The molecule has 6 heteroatoms. The van der Waals surface area contributed by atoms with Crippen LogP contribution in [0, 0.1) is 22.4 Å². The van der Waals surface area contributed by atoms with E-state index in [9.17, 15) is 10.1 Å². The molecule has 0 amide bonds. The van der Waals surface area contributed by atoms with Crippen LogP contribution in [0.1, 0.15) is 16.7 Å². The second kappa shape index (κ2) is 6.04. The van der Waals surface area contributed by atoms with Crippen LogP contribution >= 0.6 is 0 Å². The molecule has 0 saturated heterocycles. The monoisotopic (exact) mass is 285 g/mol. The summed E-state index contributed by atoms with van der Waals surface area (Å²) in [7, 11) is 0. The number of amidine groups is 1. The summed E-state index contributed by atoms with van der Waals surface area (Å²) in [5, 5.41) is 18.3. The van der Waals surface area contributed by atoms with E-state index in [1.165, 1.54) is 6.07 Å². The minimum atomic E-state index is -0.457. The van der Waals surface area contributed by atoms with Crippen molar-refractivity contribution in [3.05, 3.63) is 69.3 Å². The summed E-state index contributed by atoms with van der Waals surface area (Å²) in [6.07, 6.45) is 0. The Balaban J connectivity index is 2.16. The van der Waals surface area contributed by atoms with Crippen molar-refractivity contribution in [2.24, 2.45) is 5.73 Å². The van der Waals surface area contributed by atoms with Crippen LogP contribution in [0.15, 0.2) is 42.5 Å². The smallest absolute Gasteiger partial charge is 0.311 e. The van der Waals surface area contributed by atoms with Crippen molar-refractivity contribution in [1.82, 2.24) is 0 Å². The third-order valence-electron chi connectivity index (χ3n) is 3.04. The zero-order chi connectivity index (χ0) is 15.4. The topological polar surface area (TPSA) is 102 Å². The normalized spacial score (nSPS) is 10.1. The standard InChI is InChI=1S/C15H15N3O3/c1-10-3-2-4-13(18(19)20)14(10)21-9-11-5-7-12(8-6-11)15(16)17/h2-8H,9H2,1H3,(H3,16,17). The van der Waals surface area contributed by atoms with Crippen LogP contribution in [0.4, 0.5) is 5.69 Å². The molecule has 3 N–H and O–H groups in total. The molecule has 2 aromatic rings. The van der Waals surface area contributed by atoms with Crippen LogP contribution in [-0.4, -0.2) is 10.8 Å². The number of nitrogens with two attached hydrogens (primary N) is 1. The Kier molecular flexibility index (Phi) is 4.18. The van der Waals surface area contributed by atoms with Gasteiger partial charge in [-0.05, 0) is 18.1 Å². The number of nitrogen functional groups attached to an aromatic ring is 1. The fourth-order valence-electron chi connectivity index (χ4n) is 1.90. The molecule has 0 fully saturated rings. The van der Waals surface area contributed by atoms with E-state index in [4.69, 9.17) is 15.9 Å². The molecular formula is C15H15N3O3. The van der Waals surface area contributed by atoms with Gasteiger partial charge < -0.3 is 10.5 Å². The Morgan fingerprint density at radius 2 is 1.95 bits per heavy atom. The van der Waals surface area contributed by atoms with Gasteiger partial charge in [-0.3, -0.25) is 15.5 Å². The van der Waals surface area contributed by atoms with Crippen molar-refractivity contribution in [1.29, 1.82) is 5.41 Å². The van der Waals surface area contributed by atoms with Gasteiger partial charge in [0.05, 0.1) is 4.92 Å². The number of nitro groups is 1. The first-order valence-corrected chi connectivity index (χ1v) is 6.29. The number of nitrogens with zero attached hydrogens (tertiary/aromatic N) is 1. The summed E-state index contributed by atoms with van der Waals surface area (Å²) in [6, 6.07) is 11.8. The lowest BCUT2D eigenvalue weighted by Gasteiger charge is -2.09. The molecule has 0 aliphatic carbocycles. The second-order valence-electron chi connectivity index (χ2n) is 4.58. The summed E-state index contributed by atoms with van der Waals surface area (Å²) in [5.74, 6) is 0.273. The van der Waals surface area contributed by atoms with E-state index in [0.29, 0.717) is 11.1 Å². The van der Waals surface area contributed by atoms with Crippen molar-refractivity contribution in [3.8, 4) is 5.75 Å². The average Bonchev–Trinajstić information content (AvgIpc) is 2.46. The summed E-state index contributed by atoms with van der Waals surface area (Å²) in [6.45, 7) is 1.98. The fourth-order valence-corrected chi connectivity index (χ4v) is 1.90. The first kappa shape index (κ1) is 14.5. The van der Waals surface area contributed by atoms with Crippen LogP contribution in [0.5, 0.6) is 5.75 Å². The number of para-hydroxylation sites is 1. The van der Waals surface area contributed by atoms with E-state index in [1.807, 2.05) is 0 Å². The highest BCUT2D eigenvalue weighted by Gasteiger charge is 2.16. The van der Waals surface area contributed by atoms with Gasteiger partial charge in [0.2, 0.25) is 0 Å². The first-order chi connectivity index (χ1) is 9.99. The Morgan fingerprint density at radius 3 is 2.52 bits per heavy atom. The van der Waals surface area contributed by atoms with Crippen LogP contribution in [0.3, 0.4) is 0 Å². The molecule has 6 nitrogen and oxygen atoms in total. The lowest BCUT2D eigenvalue weighted by Crippen LogP contribution is -2.10. The number of nitrogens with one attached hydrogen (secondary N) is 1. The van der Waals surface area contributed by atoms with E-state index in [-0.39, 0.29) is 23.9 Å². The van der Waals surface area contributed by atoms with Gasteiger partial charge in [0.1, 0.15) is 12.4 Å². The van der Waals surface area contributed by atoms with Gasteiger partial charge in [0.15, 0.2) is 5.75 Å². The van der Waals surface area contributed by atoms with Crippen molar-refractivity contribution in [3.63, 3.8) is 0 Å². The Bertz CT molecular complexity index is 681. The first-order valence-electron chi connectivity index (χ1n) is 6.29. The SMILES string of the molecule is Cc1cccc([N+](=O)[O-])c1OCc1ccc(C(=N)N)cc1. The average molecular weight is 285 g/mol. The number of benzene rings is 2. The lowest BCUT2D eigenvalue weighted by molar-refractivity contribution is -0.386. The molecule has 2 rings (SSSR count). The minimum absolute atomic E-state index is 0.00277. The van der Waals surface area contributed by atoms with Gasteiger partial charge >= 0.3 is 5.69 Å². The Hall–Kier alpha value is -2.89. The largest absolute Gasteiger partial charge is 0.482 e. The molecule has 0 spiro atoms. The van der Waals surface area contributed by atoms with Gasteiger partial charge in [-0.2, -0.15) is 0 Å². The van der Waals surface area contributed by atoms with E-state index in [2.05, 4.69) is 0 Å². The molecular weight excluding hydrogens is 270 g/mol. The van der Waals surface area contributed by atoms with Crippen molar-refractivity contribution in [2.45, 2.75) is 13.5 Å². The quantitative estimate of drug-likeness (QED) is 0.381. The summed E-state index contributed by atoms with van der Waals surface area (Å²) < 4.78 is 5.59. The zero-order valence-corrected chi connectivity index (χ0v) is 11.5. The Morgan fingerprint density at radius 1 is 1.29 bits per heavy atom. The summed E-state index contributed by atoms with van der Waals surface area (Å²) >= 11 is 0. The third kappa shape index (κ3) is 3.36. The minimum Gasteiger partial charge on any atom is -0.482 e. The summed E-state index contributed by atoms with van der Waals surface area (Å²) in [5.41, 5.74) is 7.52. The lowest BCUT2D eigenvalue weighted by atomic mass is 10.1. The van der Waals surface area contributed by atoms with E-state index in [1.54, 1.807) is 43.3 Å². The predicted octanol–water partition coefficient (Wildman–Crippen LogP) is 2.77. The molecule has 2 aromatic carbocycles. The highest BCUT2D eigenvalue weighted by Crippen LogP contribution is 2.30. The molecule has 0 unspecified atom stereocenters. The van der Waals surface area contributed by atoms with E-state index in [0.717, 1.165) is 5.56 Å². The predicted molar refractivity (Wildman–Crippen MR) is 79.6 cm³/mol. The highest BCUT2D eigenvalue weighted by molar-refractivity contribution is 5.94. The van der Waals surface area contributed by atoms with E-state index < -0.39 is 4.92 Å². The maximum Gasteiger partial charge on any atom is 0.311 e. The van der Waals surface area contributed by atoms with Crippen molar-refractivity contribution < 1.29 is 9.66 Å². The fraction of sp³-hybridized carbons (Fsp3) is 0.133. The van der Waals surface area contributed by atoms with E-state index >= 15 is 0 Å². The van der Waals surface area contributed by atoms with Crippen LogP contribution in [0.2, 0.25) is 0 Å². The zero-order valence-electron chi connectivity index (χ0n) is 11.5. The van der Waals surface area contributed by atoms with Crippen molar-refractivity contribution >= 4 is 11.5 Å². The van der Waals surface area contributed by atoms with Gasteiger partial charge in [0, 0.05) is 11.6 Å². The highest BCUT2D eigenvalue weighted by atomic mass is 16.6. The molecule has 0 atom stereocenters. The molecule has 0 aliphatic rings. The summed E-state index contributed by atoms with van der Waals surface area (Å²) in [4.78, 5) is 10.5. The number of aryl methyl sites for hydroxylation is 1. The molecule has 0 saturated carbocycles. The van der Waals surface area contributed by atoms with Gasteiger partial charge in [-0.15, -0.1) is 0 Å². The maximum atomic E-state index is 11.0. The number of hydrogen-bond donors (Lipinski definition) is 2. The molecule has 21 heavy (non-hydrogen) atoms. The van der Waals surface area contributed by atoms with Crippen LogP contribution in [0.25, 0.3) is 0 Å². The van der Waals surface area contributed by atoms with Gasteiger partial charge in [-0.1, -0.05) is 36.4 Å². The maximum absolute atomic E-state index is 11.0. The molecule has 0 aromatic heterocycles. The number of nitro benzene ring substituents is 1.